The highest BCUT2D eigenvalue weighted by molar-refractivity contribution is 5.98. The summed E-state index contributed by atoms with van der Waals surface area (Å²) in [7, 11) is 0. The molecule has 2 amide bonds. The number of hydrogen-bond donors (Lipinski definition) is 1. The number of para-hydroxylation sites is 1. The number of carbonyl (C=O) groups excluding carboxylic acids is 2. The van der Waals surface area contributed by atoms with E-state index in [2.05, 4.69) is 4.98 Å². The number of benzene rings is 2. The van der Waals surface area contributed by atoms with Crippen molar-refractivity contribution in [1.29, 1.82) is 0 Å². The molecule has 6 rings (SSSR count). The molecule has 8 nitrogen and oxygen atoms in total. The average molecular weight is 416 g/mol. The van der Waals surface area contributed by atoms with E-state index < -0.39 is 17.0 Å². The standard InChI is InChI=1S/C23H20N4O4/c28-20-12-25(14-9-10-14)23(29)19-11-17-16-3-1-2-4-18(16)24-21(17)22(26(19)20)13-5-7-15(8-6-13)27(30)31/h1-8,14,19,22,24H,9-12H2/t19-,22?/m0/s1. The zero-order chi connectivity index (χ0) is 21.3. The van der Waals surface area contributed by atoms with E-state index >= 15 is 0 Å². The summed E-state index contributed by atoms with van der Waals surface area (Å²) in [6.07, 6.45) is 2.38. The highest BCUT2D eigenvalue weighted by Gasteiger charge is 2.50. The molecular weight excluding hydrogens is 396 g/mol. The summed E-state index contributed by atoms with van der Waals surface area (Å²) in [5.74, 6) is -0.0749. The number of aromatic nitrogens is 1. The number of nitro benzene ring substituents is 1. The molecule has 1 aromatic heterocycles. The van der Waals surface area contributed by atoms with Crippen LogP contribution in [0.25, 0.3) is 10.9 Å². The minimum atomic E-state index is -0.561. The minimum Gasteiger partial charge on any atom is -0.356 e. The second-order valence-electron chi connectivity index (χ2n) is 8.53. The summed E-state index contributed by atoms with van der Waals surface area (Å²) >= 11 is 0. The zero-order valence-electron chi connectivity index (χ0n) is 16.7. The van der Waals surface area contributed by atoms with Crippen molar-refractivity contribution < 1.29 is 14.5 Å². The SMILES string of the molecule is O=C1[C@@H]2Cc3c([nH]c4ccccc34)C(c3ccc([N+](=O)[O-])cc3)N2C(=O)CN1C1CC1. The van der Waals surface area contributed by atoms with Crippen molar-refractivity contribution in [3.05, 3.63) is 75.5 Å². The molecule has 0 bridgehead atoms. The number of nitro groups is 1. The van der Waals surface area contributed by atoms with Crippen molar-refractivity contribution in [3.63, 3.8) is 0 Å². The predicted molar refractivity (Wildman–Crippen MR) is 112 cm³/mol. The Morgan fingerprint density at radius 2 is 1.77 bits per heavy atom. The molecule has 3 heterocycles. The minimum absolute atomic E-state index is 0.00458. The molecule has 0 radical (unpaired) electrons. The molecule has 3 aliphatic rings. The van der Waals surface area contributed by atoms with Gasteiger partial charge in [0.05, 0.1) is 11.0 Å². The third-order valence-electron chi connectivity index (χ3n) is 6.70. The van der Waals surface area contributed by atoms with Crippen molar-refractivity contribution in [1.82, 2.24) is 14.8 Å². The molecule has 1 aliphatic carbocycles. The number of non-ortho nitro benzene ring substituents is 1. The Balaban J connectivity index is 1.53. The lowest BCUT2D eigenvalue weighted by Gasteiger charge is -2.47. The van der Waals surface area contributed by atoms with E-state index in [0.29, 0.717) is 6.42 Å². The van der Waals surface area contributed by atoms with Gasteiger partial charge in [0, 0.05) is 41.2 Å². The average Bonchev–Trinajstić information content (AvgIpc) is 3.55. The number of nitrogens with zero attached hydrogens (tertiary/aromatic N) is 3. The van der Waals surface area contributed by atoms with Crippen LogP contribution in [-0.2, 0) is 16.0 Å². The van der Waals surface area contributed by atoms with Crippen LogP contribution in [0.1, 0.15) is 35.7 Å². The molecule has 1 saturated heterocycles. The molecule has 3 aromatic rings. The fraction of sp³-hybridized carbons (Fsp3) is 0.304. The van der Waals surface area contributed by atoms with Crippen molar-refractivity contribution in [3.8, 4) is 0 Å². The van der Waals surface area contributed by atoms with Gasteiger partial charge in [-0.2, -0.15) is 0 Å². The molecule has 0 spiro atoms. The predicted octanol–water partition coefficient (Wildman–Crippen LogP) is 2.92. The topological polar surface area (TPSA) is 99.5 Å². The van der Waals surface area contributed by atoms with Crippen LogP contribution in [0.2, 0.25) is 0 Å². The third-order valence-corrected chi connectivity index (χ3v) is 6.70. The van der Waals surface area contributed by atoms with Crippen molar-refractivity contribution >= 4 is 28.4 Å². The normalized spacial score (nSPS) is 23.1. The summed E-state index contributed by atoms with van der Waals surface area (Å²) in [6, 6.07) is 13.3. The number of H-pyrrole nitrogens is 1. The van der Waals surface area contributed by atoms with E-state index in [4.69, 9.17) is 0 Å². The Morgan fingerprint density at radius 1 is 1.03 bits per heavy atom. The smallest absolute Gasteiger partial charge is 0.269 e. The molecule has 2 aromatic carbocycles. The number of rotatable bonds is 3. The molecule has 2 fully saturated rings. The van der Waals surface area contributed by atoms with Crippen LogP contribution >= 0.6 is 0 Å². The number of aromatic amines is 1. The first-order valence-corrected chi connectivity index (χ1v) is 10.5. The van der Waals surface area contributed by atoms with Crippen LogP contribution in [0, 0.1) is 10.1 Å². The molecule has 2 atom stereocenters. The molecular formula is C23H20N4O4. The van der Waals surface area contributed by atoms with Gasteiger partial charge in [0.1, 0.15) is 12.6 Å². The zero-order valence-corrected chi connectivity index (χ0v) is 16.7. The third kappa shape index (κ3) is 2.67. The van der Waals surface area contributed by atoms with Gasteiger partial charge in [0.15, 0.2) is 0 Å². The van der Waals surface area contributed by atoms with Crippen molar-refractivity contribution in [2.45, 2.75) is 37.4 Å². The molecule has 31 heavy (non-hydrogen) atoms. The number of fused-ring (bicyclic) bond motifs is 4. The lowest BCUT2D eigenvalue weighted by molar-refractivity contribution is -0.384. The van der Waals surface area contributed by atoms with Crippen LogP contribution in [0.4, 0.5) is 5.69 Å². The maximum absolute atomic E-state index is 13.4. The fourth-order valence-corrected chi connectivity index (χ4v) is 5.11. The van der Waals surface area contributed by atoms with Gasteiger partial charge in [-0.15, -0.1) is 0 Å². The van der Waals surface area contributed by atoms with Crippen LogP contribution in [0.3, 0.4) is 0 Å². The van der Waals surface area contributed by atoms with E-state index in [9.17, 15) is 19.7 Å². The van der Waals surface area contributed by atoms with Gasteiger partial charge in [0.2, 0.25) is 11.8 Å². The number of piperazine rings is 1. The molecule has 1 saturated carbocycles. The van der Waals surface area contributed by atoms with E-state index in [1.165, 1.54) is 12.1 Å². The second kappa shape index (κ2) is 6.41. The van der Waals surface area contributed by atoms with E-state index in [1.807, 2.05) is 24.3 Å². The van der Waals surface area contributed by atoms with Crippen LogP contribution < -0.4 is 0 Å². The van der Waals surface area contributed by atoms with E-state index in [-0.39, 0.29) is 30.1 Å². The lowest BCUT2D eigenvalue weighted by Crippen LogP contribution is -2.63. The molecule has 156 valence electrons. The van der Waals surface area contributed by atoms with Gasteiger partial charge in [-0.1, -0.05) is 18.2 Å². The Hall–Kier alpha value is -3.68. The number of nitrogens with one attached hydrogen (secondary N) is 1. The molecule has 1 unspecified atom stereocenters. The Labute approximate surface area is 177 Å². The number of amides is 2. The summed E-state index contributed by atoms with van der Waals surface area (Å²) in [6.45, 7) is 0.0963. The Bertz CT molecular complexity index is 1240. The van der Waals surface area contributed by atoms with Crippen LogP contribution in [0.15, 0.2) is 48.5 Å². The molecule has 8 heteroatoms. The highest BCUT2D eigenvalue weighted by atomic mass is 16.6. The van der Waals surface area contributed by atoms with E-state index in [1.54, 1.807) is 21.9 Å². The summed E-state index contributed by atoms with van der Waals surface area (Å²) in [5, 5.41) is 12.2. The largest absolute Gasteiger partial charge is 0.356 e. The van der Waals surface area contributed by atoms with E-state index in [0.717, 1.165) is 40.6 Å². The van der Waals surface area contributed by atoms with Gasteiger partial charge >= 0.3 is 0 Å². The first-order valence-electron chi connectivity index (χ1n) is 10.5. The quantitative estimate of drug-likeness (QED) is 0.524. The van der Waals surface area contributed by atoms with Gasteiger partial charge in [0.25, 0.3) is 5.69 Å². The summed E-state index contributed by atoms with van der Waals surface area (Å²) in [4.78, 5) is 44.3. The van der Waals surface area contributed by atoms with Gasteiger partial charge in [-0.25, -0.2) is 0 Å². The number of carbonyl (C=O) groups is 2. The van der Waals surface area contributed by atoms with Crippen molar-refractivity contribution in [2.24, 2.45) is 0 Å². The maximum Gasteiger partial charge on any atom is 0.269 e. The first-order chi connectivity index (χ1) is 15.0. The summed E-state index contributed by atoms with van der Waals surface area (Å²) in [5.41, 5.74) is 3.63. The maximum atomic E-state index is 13.4. The monoisotopic (exact) mass is 416 g/mol. The van der Waals surface area contributed by atoms with Crippen LogP contribution in [0.5, 0.6) is 0 Å². The Kier molecular flexibility index (Phi) is 3.74. The van der Waals surface area contributed by atoms with Crippen LogP contribution in [-0.4, -0.2) is 50.1 Å². The van der Waals surface area contributed by atoms with Gasteiger partial charge in [-0.05, 0) is 42.2 Å². The second-order valence-corrected chi connectivity index (χ2v) is 8.53. The highest BCUT2D eigenvalue weighted by Crippen LogP contribution is 2.44. The first kappa shape index (κ1) is 18.1. The van der Waals surface area contributed by atoms with Gasteiger partial charge in [-0.3, -0.25) is 19.7 Å². The number of hydrogen-bond acceptors (Lipinski definition) is 4. The van der Waals surface area contributed by atoms with Gasteiger partial charge < -0.3 is 14.8 Å². The van der Waals surface area contributed by atoms with Crippen molar-refractivity contribution in [2.75, 3.05) is 6.54 Å². The Morgan fingerprint density at radius 3 is 2.48 bits per heavy atom. The summed E-state index contributed by atoms with van der Waals surface area (Å²) < 4.78 is 0. The molecule has 1 N–H and O–H groups in total. The molecule has 2 aliphatic heterocycles. The fourth-order valence-electron chi connectivity index (χ4n) is 5.11. The lowest BCUT2D eigenvalue weighted by atomic mass is 9.86.